The average Bonchev–Trinajstić information content (AvgIpc) is 3.58. The molecule has 2 aliphatic carbocycles. The number of aromatic nitrogens is 4. The third-order valence-electron chi connectivity index (χ3n) is 9.64. The molecule has 0 spiro atoms. The number of imidazole rings is 1. The summed E-state index contributed by atoms with van der Waals surface area (Å²) in [5.41, 5.74) is 4.66. The van der Waals surface area contributed by atoms with Crippen molar-refractivity contribution in [3.8, 4) is 0 Å². The third kappa shape index (κ3) is 2.81. The predicted molar refractivity (Wildman–Crippen MR) is 142 cm³/mol. The van der Waals surface area contributed by atoms with Crippen LogP contribution in [-0.4, -0.2) is 32.7 Å². The van der Waals surface area contributed by atoms with Crippen molar-refractivity contribution in [3.05, 3.63) is 78.4 Å². The fourth-order valence-corrected chi connectivity index (χ4v) is 7.60. The first kappa shape index (κ1) is 22.5. The van der Waals surface area contributed by atoms with Crippen LogP contribution >= 0.6 is 12.6 Å². The zero-order valence-corrected chi connectivity index (χ0v) is 21.7. The summed E-state index contributed by atoms with van der Waals surface area (Å²) < 4.78 is 15.9. The van der Waals surface area contributed by atoms with Gasteiger partial charge < -0.3 is 13.9 Å². The van der Waals surface area contributed by atoms with Crippen LogP contribution in [0.5, 0.6) is 0 Å². The number of hydrogen-bond acceptors (Lipinski definition) is 6. The molecule has 3 aliphatic rings. The largest absolute Gasteiger partial charge is 0.494 e. The zero-order valence-electron chi connectivity index (χ0n) is 20.8. The van der Waals surface area contributed by atoms with Crippen molar-refractivity contribution in [2.75, 3.05) is 0 Å². The number of benzene rings is 2. The van der Waals surface area contributed by atoms with Gasteiger partial charge in [-0.3, -0.25) is 0 Å². The third-order valence-corrected chi connectivity index (χ3v) is 9.97. The normalized spacial score (nSPS) is 30.3. The SMILES string of the molecule is CC1(C)C2CCC1(C)C1(c3ccccc3)OB(c3ccc(Cn4cnc5c(S)ncnc54)cc3)OC21. The maximum Gasteiger partial charge on any atom is 0.494 e. The van der Waals surface area contributed by atoms with Gasteiger partial charge in [0.15, 0.2) is 5.65 Å². The Labute approximate surface area is 217 Å². The summed E-state index contributed by atoms with van der Waals surface area (Å²) in [7, 11) is -0.381. The maximum absolute atomic E-state index is 7.07. The van der Waals surface area contributed by atoms with E-state index in [9.17, 15) is 0 Å². The van der Waals surface area contributed by atoms with Gasteiger partial charge in [-0.25, -0.2) is 15.0 Å². The molecule has 1 aliphatic heterocycles. The Kier molecular flexibility index (Phi) is 4.79. The molecular formula is C28H29BN4O2S. The average molecular weight is 496 g/mol. The minimum Gasteiger partial charge on any atom is -0.401 e. The molecule has 36 heavy (non-hydrogen) atoms. The summed E-state index contributed by atoms with van der Waals surface area (Å²) in [6.07, 6.45) is 5.70. The van der Waals surface area contributed by atoms with E-state index in [1.165, 1.54) is 18.3 Å². The van der Waals surface area contributed by atoms with Gasteiger partial charge in [0.2, 0.25) is 0 Å². The van der Waals surface area contributed by atoms with Crippen LogP contribution < -0.4 is 5.46 Å². The van der Waals surface area contributed by atoms with E-state index in [0.29, 0.717) is 23.0 Å². The molecule has 7 rings (SSSR count). The van der Waals surface area contributed by atoms with Crippen molar-refractivity contribution in [1.82, 2.24) is 19.5 Å². The Balaban J connectivity index is 1.20. The van der Waals surface area contributed by atoms with Crippen LogP contribution in [0, 0.1) is 16.7 Å². The van der Waals surface area contributed by atoms with Crippen LogP contribution in [-0.2, 0) is 21.5 Å². The van der Waals surface area contributed by atoms with Crippen molar-refractivity contribution in [2.24, 2.45) is 16.7 Å². The molecule has 3 heterocycles. The molecule has 2 aromatic carbocycles. The number of rotatable bonds is 4. The molecule has 6 nitrogen and oxygen atoms in total. The van der Waals surface area contributed by atoms with Gasteiger partial charge in [-0.2, -0.15) is 0 Å². The van der Waals surface area contributed by atoms with Gasteiger partial charge in [-0.1, -0.05) is 75.4 Å². The first-order valence-corrected chi connectivity index (χ1v) is 13.1. The lowest BCUT2D eigenvalue weighted by molar-refractivity contribution is -0.0800. The summed E-state index contributed by atoms with van der Waals surface area (Å²) in [5.74, 6) is 0.472. The molecule has 2 saturated carbocycles. The highest BCUT2D eigenvalue weighted by Crippen LogP contribution is 2.75. The summed E-state index contributed by atoms with van der Waals surface area (Å²) in [6.45, 7) is 7.90. The molecule has 1 saturated heterocycles. The van der Waals surface area contributed by atoms with Gasteiger partial charge in [0, 0.05) is 5.41 Å². The van der Waals surface area contributed by atoms with Crippen molar-refractivity contribution in [3.63, 3.8) is 0 Å². The molecule has 2 aromatic heterocycles. The van der Waals surface area contributed by atoms with Gasteiger partial charge in [0.1, 0.15) is 22.5 Å². The first-order valence-electron chi connectivity index (χ1n) is 12.7. The molecular weight excluding hydrogens is 467 g/mol. The van der Waals surface area contributed by atoms with Crippen LogP contribution in [0.25, 0.3) is 11.2 Å². The molecule has 0 N–H and O–H groups in total. The second kappa shape index (κ2) is 7.67. The summed E-state index contributed by atoms with van der Waals surface area (Å²) in [6, 6.07) is 19.3. The fourth-order valence-electron chi connectivity index (χ4n) is 7.39. The Morgan fingerprint density at radius 1 is 1.03 bits per heavy atom. The Hall–Kier alpha value is -2.68. The summed E-state index contributed by atoms with van der Waals surface area (Å²) in [5, 5.41) is 0.591. The summed E-state index contributed by atoms with van der Waals surface area (Å²) in [4.78, 5) is 12.9. The maximum atomic E-state index is 7.07. The highest BCUT2D eigenvalue weighted by Gasteiger charge is 2.78. The molecule has 4 atom stereocenters. The quantitative estimate of drug-likeness (QED) is 0.254. The monoisotopic (exact) mass is 496 g/mol. The van der Waals surface area contributed by atoms with Crippen LogP contribution in [0.4, 0.5) is 0 Å². The Morgan fingerprint density at radius 3 is 2.58 bits per heavy atom. The van der Waals surface area contributed by atoms with Crippen LogP contribution in [0.2, 0.25) is 0 Å². The van der Waals surface area contributed by atoms with E-state index >= 15 is 0 Å². The highest BCUT2D eigenvalue weighted by molar-refractivity contribution is 7.80. The standard InChI is InChI=1S/C28H29BN4O2S/c1-26(2)21-13-14-27(26,3)28(19-7-5-4-6-8-19)23(21)34-29(35-28)20-11-9-18(10-12-20)15-33-17-32-22-24(33)30-16-31-25(22)36/h4-12,16-17,21,23H,13-15H2,1-3H3,(H,30,31,36). The van der Waals surface area contributed by atoms with Crippen LogP contribution in [0.3, 0.4) is 0 Å². The molecule has 0 amide bonds. The van der Waals surface area contributed by atoms with Crippen molar-refractivity contribution >= 4 is 36.4 Å². The van der Waals surface area contributed by atoms with Gasteiger partial charge in [-0.15, -0.1) is 12.6 Å². The van der Waals surface area contributed by atoms with Crippen LogP contribution in [0.15, 0.2) is 72.3 Å². The smallest absolute Gasteiger partial charge is 0.401 e. The second-order valence-corrected chi connectivity index (χ2v) is 11.7. The summed E-state index contributed by atoms with van der Waals surface area (Å²) >= 11 is 4.39. The van der Waals surface area contributed by atoms with Gasteiger partial charge >= 0.3 is 7.12 Å². The lowest BCUT2D eigenvalue weighted by Crippen LogP contribution is -2.50. The Morgan fingerprint density at radius 2 is 1.81 bits per heavy atom. The molecule has 4 aromatic rings. The van der Waals surface area contributed by atoms with E-state index in [-0.39, 0.29) is 24.1 Å². The van der Waals surface area contributed by atoms with Gasteiger partial charge in [0.05, 0.1) is 19.0 Å². The molecule has 8 heteroatoms. The first-order chi connectivity index (χ1) is 17.3. The van der Waals surface area contributed by atoms with Crippen molar-refractivity contribution < 1.29 is 9.31 Å². The van der Waals surface area contributed by atoms with E-state index in [1.807, 2.05) is 4.57 Å². The molecule has 2 bridgehead atoms. The van der Waals surface area contributed by atoms with E-state index in [0.717, 1.165) is 23.1 Å². The lowest BCUT2D eigenvalue weighted by Gasteiger charge is -2.48. The van der Waals surface area contributed by atoms with E-state index in [2.05, 4.69) is 103 Å². The molecule has 0 radical (unpaired) electrons. The number of fused-ring (bicyclic) bond motifs is 6. The minimum atomic E-state index is -0.440. The van der Waals surface area contributed by atoms with E-state index in [4.69, 9.17) is 9.31 Å². The number of hydrogen-bond donors (Lipinski definition) is 1. The lowest BCUT2D eigenvalue weighted by atomic mass is 9.61. The van der Waals surface area contributed by atoms with E-state index in [1.54, 1.807) is 6.33 Å². The van der Waals surface area contributed by atoms with Gasteiger partial charge in [-0.05, 0) is 40.8 Å². The zero-order chi connectivity index (χ0) is 24.7. The van der Waals surface area contributed by atoms with Crippen LogP contribution in [0.1, 0.15) is 44.7 Å². The number of thiol groups is 1. The Bertz CT molecular complexity index is 1460. The minimum absolute atomic E-state index is 0.00155. The molecule has 182 valence electrons. The van der Waals surface area contributed by atoms with Crippen molar-refractivity contribution in [2.45, 2.75) is 56.9 Å². The fraction of sp³-hybridized carbons (Fsp3) is 0.393. The predicted octanol–water partition coefficient (Wildman–Crippen LogP) is 4.63. The molecule has 3 fully saturated rings. The highest BCUT2D eigenvalue weighted by atomic mass is 32.1. The second-order valence-electron chi connectivity index (χ2n) is 11.3. The van der Waals surface area contributed by atoms with E-state index < -0.39 is 5.60 Å². The van der Waals surface area contributed by atoms with Crippen molar-refractivity contribution in [1.29, 1.82) is 0 Å². The topological polar surface area (TPSA) is 62.1 Å². The molecule has 4 unspecified atom stereocenters. The van der Waals surface area contributed by atoms with Gasteiger partial charge in [0.25, 0.3) is 0 Å². The number of nitrogens with zero attached hydrogens (tertiary/aromatic N) is 4.